The van der Waals surface area contributed by atoms with Gasteiger partial charge in [-0.2, -0.15) is 0 Å². The van der Waals surface area contributed by atoms with E-state index in [0.29, 0.717) is 23.0 Å². The minimum absolute atomic E-state index is 0.0218. The van der Waals surface area contributed by atoms with Gasteiger partial charge in [0.1, 0.15) is 5.82 Å². The summed E-state index contributed by atoms with van der Waals surface area (Å²) in [6.07, 6.45) is 0.861. The van der Waals surface area contributed by atoms with Crippen LogP contribution in [0.25, 0.3) is 0 Å². The van der Waals surface area contributed by atoms with E-state index in [2.05, 4.69) is 20.8 Å². The van der Waals surface area contributed by atoms with Gasteiger partial charge in [-0.25, -0.2) is 4.39 Å². The Morgan fingerprint density at radius 2 is 2.29 bits per heavy atom. The number of nitrogens with two attached hydrogens (primary N) is 1. The Hall–Kier alpha value is -0.160. The third-order valence-electron chi connectivity index (χ3n) is 3.38. The van der Waals surface area contributed by atoms with Gasteiger partial charge in [0.25, 0.3) is 0 Å². The van der Waals surface area contributed by atoms with Crippen LogP contribution in [0.3, 0.4) is 0 Å². The standard InChI is InChI=1S/C12H15BrClFN2/c1-17-6-7(5-16)4-10(17)11-9(15)3-2-8(13)12(11)14/h2-3,7,10H,4-6,16H2,1H3. The zero-order valence-electron chi connectivity index (χ0n) is 9.59. The molecule has 0 spiro atoms. The summed E-state index contributed by atoms with van der Waals surface area (Å²) in [6.45, 7) is 1.53. The van der Waals surface area contributed by atoms with Crippen molar-refractivity contribution in [2.75, 3.05) is 20.1 Å². The minimum atomic E-state index is -0.243. The zero-order chi connectivity index (χ0) is 12.6. The van der Waals surface area contributed by atoms with Crippen molar-refractivity contribution < 1.29 is 4.39 Å². The lowest BCUT2D eigenvalue weighted by atomic mass is 9.99. The third-order valence-corrected chi connectivity index (χ3v) is 4.68. The van der Waals surface area contributed by atoms with Crippen molar-refractivity contribution in [3.8, 4) is 0 Å². The van der Waals surface area contributed by atoms with Crippen LogP contribution >= 0.6 is 27.5 Å². The Kier molecular flexibility index (Phi) is 4.08. The molecule has 2 nitrogen and oxygen atoms in total. The molecule has 2 rings (SSSR count). The molecule has 0 aliphatic carbocycles. The normalized spacial score (nSPS) is 25.5. The zero-order valence-corrected chi connectivity index (χ0v) is 11.9. The highest BCUT2D eigenvalue weighted by Gasteiger charge is 2.33. The average Bonchev–Trinajstić information content (AvgIpc) is 2.66. The molecule has 0 radical (unpaired) electrons. The van der Waals surface area contributed by atoms with E-state index in [0.717, 1.165) is 17.4 Å². The molecule has 5 heteroatoms. The van der Waals surface area contributed by atoms with Gasteiger partial charge < -0.3 is 5.73 Å². The smallest absolute Gasteiger partial charge is 0.129 e. The average molecular weight is 322 g/mol. The first-order valence-electron chi connectivity index (χ1n) is 5.58. The van der Waals surface area contributed by atoms with Gasteiger partial charge in [0.15, 0.2) is 0 Å². The molecule has 1 aromatic carbocycles. The molecular formula is C12H15BrClFN2. The van der Waals surface area contributed by atoms with Crippen LogP contribution in [0.4, 0.5) is 4.39 Å². The van der Waals surface area contributed by atoms with Crippen LogP contribution in [0.1, 0.15) is 18.0 Å². The molecule has 1 fully saturated rings. The van der Waals surface area contributed by atoms with Crippen molar-refractivity contribution in [2.45, 2.75) is 12.5 Å². The lowest BCUT2D eigenvalue weighted by molar-refractivity contribution is 0.307. The molecule has 0 aromatic heterocycles. The number of benzene rings is 1. The molecule has 2 N–H and O–H groups in total. The van der Waals surface area contributed by atoms with Crippen molar-refractivity contribution >= 4 is 27.5 Å². The van der Waals surface area contributed by atoms with E-state index in [9.17, 15) is 4.39 Å². The minimum Gasteiger partial charge on any atom is -0.330 e. The van der Waals surface area contributed by atoms with E-state index in [4.69, 9.17) is 17.3 Å². The Morgan fingerprint density at radius 1 is 1.59 bits per heavy atom. The van der Waals surface area contributed by atoms with Crippen molar-refractivity contribution in [1.29, 1.82) is 0 Å². The lowest BCUT2D eigenvalue weighted by Crippen LogP contribution is -2.21. The van der Waals surface area contributed by atoms with Gasteiger partial charge >= 0.3 is 0 Å². The molecule has 94 valence electrons. The predicted molar refractivity (Wildman–Crippen MR) is 71.6 cm³/mol. The highest BCUT2D eigenvalue weighted by atomic mass is 79.9. The molecule has 1 aromatic rings. The molecular weight excluding hydrogens is 307 g/mol. The van der Waals surface area contributed by atoms with Gasteiger partial charge in [0.05, 0.1) is 5.02 Å². The van der Waals surface area contributed by atoms with E-state index >= 15 is 0 Å². The number of halogens is 3. The largest absolute Gasteiger partial charge is 0.330 e. The molecule has 0 amide bonds. The fraction of sp³-hybridized carbons (Fsp3) is 0.500. The summed E-state index contributed by atoms with van der Waals surface area (Å²) < 4.78 is 14.7. The van der Waals surface area contributed by atoms with E-state index in [1.807, 2.05) is 7.05 Å². The van der Waals surface area contributed by atoms with Crippen molar-refractivity contribution in [3.63, 3.8) is 0 Å². The third kappa shape index (κ3) is 2.50. The van der Waals surface area contributed by atoms with Crippen LogP contribution < -0.4 is 5.73 Å². The summed E-state index contributed by atoms with van der Waals surface area (Å²) in [6, 6.07) is 3.11. The Morgan fingerprint density at radius 3 is 2.88 bits per heavy atom. The molecule has 2 unspecified atom stereocenters. The number of hydrogen-bond donors (Lipinski definition) is 1. The van der Waals surface area contributed by atoms with Gasteiger partial charge in [-0.15, -0.1) is 0 Å². The molecule has 1 heterocycles. The summed E-state index contributed by atoms with van der Waals surface area (Å²) in [7, 11) is 1.98. The second kappa shape index (κ2) is 5.22. The van der Waals surface area contributed by atoms with Gasteiger partial charge in [0.2, 0.25) is 0 Å². The second-order valence-electron chi connectivity index (χ2n) is 4.55. The quantitative estimate of drug-likeness (QED) is 0.848. The van der Waals surface area contributed by atoms with Crippen molar-refractivity contribution in [3.05, 3.63) is 33.0 Å². The van der Waals surface area contributed by atoms with Crippen LogP contribution in [-0.4, -0.2) is 25.0 Å². The molecule has 2 atom stereocenters. The number of rotatable bonds is 2. The number of hydrogen-bond acceptors (Lipinski definition) is 2. The van der Waals surface area contributed by atoms with Gasteiger partial charge in [0, 0.05) is 22.6 Å². The van der Waals surface area contributed by atoms with E-state index in [-0.39, 0.29) is 11.9 Å². The summed E-state index contributed by atoms with van der Waals surface area (Å²) in [5.74, 6) is 0.173. The first-order valence-corrected chi connectivity index (χ1v) is 6.75. The summed E-state index contributed by atoms with van der Waals surface area (Å²) in [4.78, 5) is 2.12. The van der Waals surface area contributed by atoms with Crippen LogP contribution in [-0.2, 0) is 0 Å². The highest BCUT2D eigenvalue weighted by molar-refractivity contribution is 9.10. The molecule has 1 aliphatic rings. The summed E-state index contributed by atoms with van der Waals surface area (Å²) in [5.41, 5.74) is 6.26. The number of nitrogens with zero attached hydrogens (tertiary/aromatic N) is 1. The highest BCUT2D eigenvalue weighted by Crippen LogP contribution is 2.40. The maximum Gasteiger partial charge on any atom is 0.129 e. The Bertz CT molecular complexity index is 427. The second-order valence-corrected chi connectivity index (χ2v) is 5.78. The SMILES string of the molecule is CN1CC(CN)CC1c1c(F)ccc(Br)c1Cl. The van der Waals surface area contributed by atoms with Crippen LogP contribution in [0.5, 0.6) is 0 Å². The van der Waals surface area contributed by atoms with Gasteiger partial charge in [-0.3, -0.25) is 4.90 Å². The van der Waals surface area contributed by atoms with Crippen molar-refractivity contribution in [2.24, 2.45) is 11.7 Å². The topological polar surface area (TPSA) is 29.3 Å². The fourth-order valence-corrected chi connectivity index (χ4v) is 3.09. The molecule has 1 aliphatic heterocycles. The molecule has 0 saturated carbocycles. The molecule has 1 saturated heterocycles. The monoisotopic (exact) mass is 320 g/mol. The van der Waals surface area contributed by atoms with Crippen LogP contribution in [0.2, 0.25) is 5.02 Å². The van der Waals surface area contributed by atoms with Gasteiger partial charge in [-0.1, -0.05) is 11.6 Å². The van der Waals surface area contributed by atoms with E-state index < -0.39 is 0 Å². The summed E-state index contributed by atoms with van der Waals surface area (Å²) in [5, 5.41) is 0.472. The van der Waals surface area contributed by atoms with E-state index in [1.54, 1.807) is 6.07 Å². The maximum absolute atomic E-state index is 13.9. The van der Waals surface area contributed by atoms with Crippen LogP contribution in [0, 0.1) is 11.7 Å². The predicted octanol–water partition coefficient (Wildman–Crippen LogP) is 3.19. The first-order chi connectivity index (χ1) is 8.04. The first kappa shape index (κ1) is 13.3. The van der Waals surface area contributed by atoms with E-state index in [1.165, 1.54) is 6.07 Å². The Balaban J connectivity index is 2.37. The number of likely N-dealkylation sites (tertiary alicyclic amines) is 1. The lowest BCUT2D eigenvalue weighted by Gasteiger charge is -2.21. The molecule has 17 heavy (non-hydrogen) atoms. The summed E-state index contributed by atoms with van der Waals surface area (Å²) >= 11 is 9.53. The van der Waals surface area contributed by atoms with Gasteiger partial charge in [-0.05, 0) is 54.0 Å². The fourth-order valence-electron chi connectivity index (χ4n) is 2.46. The maximum atomic E-state index is 13.9. The molecule has 0 bridgehead atoms. The van der Waals surface area contributed by atoms with Crippen molar-refractivity contribution in [1.82, 2.24) is 4.90 Å². The Labute approximate surface area is 114 Å². The van der Waals surface area contributed by atoms with Crippen LogP contribution in [0.15, 0.2) is 16.6 Å².